The molecule has 2 heterocycles. The lowest BCUT2D eigenvalue weighted by Crippen LogP contribution is -2.27. The molecule has 3 aromatic rings. The molecule has 0 N–H and O–H groups in total. The summed E-state index contributed by atoms with van der Waals surface area (Å²) in [6.45, 7) is 2.67. The summed E-state index contributed by atoms with van der Waals surface area (Å²) in [5.41, 5.74) is 2.00. The minimum Gasteiger partial charge on any atom is -0.411 e. The molecule has 2 aromatic heterocycles. The van der Waals surface area contributed by atoms with Crippen LogP contribution in [0.15, 0.2) is 45.4 Å². The maximum absolute atomic E-state index is 12.3. The molecule has 0 radical (unpaired) electrons. The second kappa shape index (κ2) is 8.03. The van der Waals surface area contributed by atoms with E-state index in [2.05, 4.69) is 23.2 Å². The molecule has 3 rings (SSSR count). The standard InChI is InChI=1S/C17H16ClN3O2S2/c1-11-7-8-24-14(11)9-21(2)15(22)10-25-17-20-19-16(23-17)12-3-5-13(18)6-4-12/h3-8H,9-10H2,1-2H3. The van der Waals surface area contributed by atoms with Crippen LogP contribution in [-0.2, 0) is 11.3 Å². The van der Waals surface area contributed by atoms with E-state index in [1.54, 1.807) is 35.4 Å². The number of halogens is 1. The van der Waals surface area contributed by atoms with E-state index in [0.29, 0.717) is 22.7 Å². The smallest absolute Gasteiger partial charge is 0.277 e. The van der Waals surface area contributed by atoms with Gasteiger partial charge in [-0.05, 0) is 48.2 Å². The molecule has 130 valence electrons. The van der Waals surface area contributed by atoms with Gasteiger partial charge < -0.3 is 9.32 Å². The predicted molar refractivity (Wildman–Crippen MR) is 101 cm³/mol. The van der Waals surface area contributed by atoms with E-state index in [-0.39, 0.29) is 11.7 Å². The molecule has 1 aromatic carbocycles. The number of hydrogen-bond acceptors (Lipinski definition) is 6. The van der Waals surface area contributed by atoms with E-state index < -0.39 is 0 Å². The molecule has 0 spiro atoms. The lowest BCUT2D eigenvalue weighted by atomic mass is 10.2. The van der Waals surface area contributed by atoms with E-state index >= 15 is 0 Å². The Bertz CT molecular complexity index is 861. The monoisotopic (exact) mass is 393 g/mol. The number of carbonyl (C=O) groups is 1. The quantitative estimate of drug-likeness (QED) is 0.576. The molecule has 1 amide bonds. The van der Waals surface area contributed by atoms with Crippen LogP contribution in [-0.4, -0.2) is 33.8 Å². The van der Waals surface area contributed by atoms with E-state index in [9.17, 15) is 4.79 Å². The van der Waals surface area contributed by atoms with Gasteiger partial charge in [-0.25, -0.2) is 0 Å². The van der Waals surface area contributed by atoms with Crippen LogP contribution in [0.1, 0.15) is 10.4 Å². The van der Waals surface area contributed by atoms with Gasteiger partial charge in [0.1, 0.15) is 0 Å². The highest BCUT2D eigenvalue weighted by atomic mass is 35.5. The van der Waals surface area contributed by atoms with Crippen molar-refractivity contribution in [1.29, 1.82) is 0 Å². The molecule has 0 atom stereocenters. The first-order valence-electron chi connectivity index (χ1n) is 7.52. The summed E-state index contributed by atoms with van der Waals surface area (Å²) in [7, 11) is 1.80. The predicted octanol–water partition coefficient (Wildman–Crippen LogP) is 4.51. The molecule has 0 aliphatic carbocycles. The number of aromatic nitrogens is 2. The maximum Gasteiger partial charge on any atom is 0.277 e. The molecule has 0 bridgehead atoms. The summed E-state index contributed by atoms with van der Waals surface area (Å²) in [5.74, 6) is 0.682. The van der Waals surface area contributed by atoms with Crippen molar-refractivity contribution >= 4 is 40.6 Å². The lowest BCUT2D eigenvalue weighted by Gasteiger charge is -2.16. The van der Waals surface area contributed by atoms with Gasteiger partial charge in [-0.3, -0.25) is 4.79 Å². The number of rotatable bonds is 6. The fraction of sp³-hybridized carbons (Fsp3) is 0.235. The number of thiophene rings is 1. The van der Waals surface area contributed by atoms with Crippen LogP contribution in [0.3, 0.4) is 0 Å². The molecule has 25 heavy (non-hydrogen) atoms. The van der Waals surface area contributed by atoms with Gasteiger partial charge in [0.25, 0.3) is 5.22 Å². The third kappa shape index (κ3) is 4.62. The first-order valence-corrected chi connectivity index (χ1v) is 9.76. The summed E-state index contributed by atoms with van der Waals surface area (Å²) in [6, 6.07) is 9.21. The highest BCUT2D eigenvalue weighted by Crippen LogP contribution is 2.25. The Labute approximate surface area is 159 Å². The van der Waals surface area contributed by atoms with Crippen LogP contribution in [0.2, 0.25) is 5.02 Å². The third-order valence-electron chi connectivity index (χ3n) is 3.59. The highest BCUT2D eigenvalue weighted by Gasteiger charge is 2.15. The molecular formula is C17H16ClN3O2S2. The van der Waals surface area contributed by atoms with Crippen LogP contribution >= 0.6 is 34.7 Å². The number of nitrogens with zero attached hydrogens (tertiary/aromatic N) is 3. The van der Waals surface area contributed by atoms with Gasteiger partial charge in [0.15, 0.2) is 0 Å². The van der Waals surface area contributed by atoms with Crippen LogP contribution in [0, 0.1) is 6.92 Å². The maximum atomic E-state index is 12.3. The molecule has 0 saturated heterocycles. The largest absolute Gasteiger partial charge is 0.411 e. The topological polar surface area (TPSA) is 59.2 Å². The van der Waals surface area contributed by atoms with E-state index in [1.807, 2.05) is 17.5 Å². The molecule has 0 saturated carbocycles. The second-order valence-electron chi connectivity index (χ2n) is 5.45. The molecular weight excluding hydrogens is 378 g/mol. The number of thioether (sulfide) groups is 1. The van der Waals surface area contributed by atoms with Crippen LogP contribution < -0.4 is 0 Å². The van der Waals surface area contributed by atoms with Gasteiger partial charge >= 0.3 is 0 Å². The average molecular weight is 394 g/mol. The first-order chi connectivity index (χ1) is 12.0. The third-order valence-corrected chi connectivity index (χ3v) is 5.65. The van der Waals surface area contributed by atoms with Crippen molar-refractivity contribution in [3.63, 3.8) is 0 Å². The van der Waals surface area contributed by atoms with Crippen molar-refractivity contribution in [2.45, 2.75) is 18.7 Å². The fourth-order valence-electron chi connectivity index (χ4n) is 2.08. The second-order valence-corrected chi connectivity index (χ2v) is 7.81. The Kier molecular flexibility index (Phi) is 5.78. The minimum absolute atomic E-state index is 0.0176. The van der Waals surface area contributed by atoms with Crippen LogP contribution in [0.5, 0.6) is 0 Å². The van der Waals surface area contributed by atoms with Crippen molar-refractivity contribution in [1.82, 2.24) is 15.1 Å². The zero-order valence-electron chi connectivity index (χ0n) is 13.7. The number of hydrogen-bond donors (Lipinski definition) is 0. The van der Waals surface area contributed by atoms with Gasteiger partial charge in [-0.2, -0.15) is 0 Å². The summed E-state index contributed by atoms with van der Waals surface area (Å²) in [4.78, 5) is 15.2. The molecule has 0 unspecified atom stereocenters. The van der Waals surface area contributed by atoms with E-state index in [4.69, 9.17) is 16.0 Å². The summed E-state index contributed by atoms with van der Waals surface area (Å²) in [6.07, 6.45) is 0. The van der Waals surface area contributed by atoms with Gasteiger partial charge in [0, 0.05) is 22.5 Å². The van der Waals surface area contributed by atoms with Crippen molar-refractivity contribution in [3.05, 3.63) is 51.2 Å². The normalized spacial score (nSPS) is 10.8. The molecule has 0 aliphatic heterocycles. The fourth-order valence-corrected chi connectivity index (χ4v) is 3.87. The van der Waals surface area contributed by atoms with Crippen LogP contribution in [0.25, 0.3) is 11.5 Å². The van der Waals surface area contributed by atoms with Gasteiger partial charge in [0.05, 0.1) is 12.3 Å². The van der Waals surface area contributed by atoms with Gasteiger partial charge in [-0.1, -0.05) is 23.4 Å². The lowest BCUT2D eigenvalue weighted by molar-refractivity contribution is -0.127. The highest BCUT2D eigenvalue weighted by molar-refractivity contribution is 7.99. The van der Waals surface area contributed by atoms with Crippen molar-refractivity contribution < 1.29 is 9.21 Å². The molecule has 0 aliphatic rings. The number of aryl methyl sites for hydroxylation is 1. The zero-order valence-corrected chi connectivity index (χ0v) is 16.1. The Balaban J connectivity index is 1.55. The minimum atomic E-state index is 0.0176. The number of carbonyl (C=O) groups excluding carboxylic acids is 1. The summed E-state index contributed by atoms with van der Waals surface area (Å²) in [5, 5.41) is 11.0. The molecule has 0 fully saturated rings. The Hall–Kier alpha value is -1.83. The Morgan fingerprint density at radius 2 is 2.04 bits per heavy atom. The Morgan fingerprint density at radius 1 is 1.28 bits per heavy atom. The van der Waals surface area contributed by atoms with Crippen molar-refractivity contribution in [3.8, 4) is 11.5 Å². The van der Waals surface area contributed by atoms with Crippen LogP contribution in [0.4, 0.5) is 0 Å². The average Bonchev–Trinajstić information content (AvgIpc) is 3.23. The van der Waals surface area contributed by atoms with Gasteiger partial charge in [0.2, 0.25) is 11.8 Å². The van der Waals surface area contributed by atoms with Crippen molar-refractivity contribution in [2.24, 2.45) is 0 Å². The first kappa shape index (κ1) is 18.0. The van der Waals surface area contributed by atoms with E-state index in [0.717, 1.165) is 5.56 Å². The number of benzene rings is 1. The number of amides is 1. The molecule has 8 heteroatoms. The van der Waals surface area contributed by atoms with Crippen molar-refractivity contribution in [2.75, 3.05) is 12.8 Å². The summed E-state index contributed by atoms with van der Waals surface area (Å²) >= 11 is 8.77. The Morgan fingerprint density at radius 3 is 2.72 bits per heavy atom. The zero-order chi connectivity index (χ0) is 17.8. The van der Waals surface area contributed by atoms with Gasteiger partial charge in [-0.15, -0.1) is 21.5 Å². The summed E-state index contributed by atoms with van der Waals surface area (Å²) < 4.78 is 5.59. The SMILES string of the molecule is Cc1ccsc1CN(C)C(=O)CSc1nnc(-c2ccc(Cl)cc2)o1. The molecule has 5 nitrogen and oxygen atoms in total. The van der Waals surface area contributed by atoms with E-state index in [1.165, 1.54) is 22.2 Å².